The van der Waals surface area contributed by atoms with E-state index in [1.165, 1.54) is 0 Å². The Morgan fingerprint density at radius 2 is 1.31 bits per heavy atom. The average Bonchev–Trinajstić information content (AvgIpc) is 2.25. The molecule has 5 nitrogen and oxygen atoms in total. The van der Waals surface area contributed by atoms with Crippen LogP contribution in [0.4, 0.5) is 0 Å². The molecule has 0 fully saturated rings. The SMILES string of the molecule is CCOC(=O)/C(Cl)=C(/OCC)C(=O)OCC. The molecule has 0 N–H and O–H groups in total. The van der Waals surface area contributed by atoms with E-state index in [1.807, 2.05) is 0 Å². The monoisotopic (exact) mass is 250 g/mol. The van der Waals surface area contributed by atoms with Crippen LogP contribution in [0.3, 0.4) is 0 Å². The normalized spacial score (nSPS) is 11.5. The summed E-state index contributed by atoms with van der Waals surface area (Å²) in [6, 6.07) is 0. The zero-order valence-corrected chi connectivity index (χ0v) is 10.3. The summed E-state index contributed by atoms with van der Waals surface area (Å²) >= 11 is 5.66. The molecular formula is C10H15ClO5. The molecule has 0 aliphatic carbocycles. The van der Waals surface area contributed by atoms with Gasteiger partial charge in [-0.1, -0.05) is 11.6 Å². The summed E-state index contributed by atoms with van der Waals surface area (Å²) in [4.78, 5) is 22.7. The molecule has 0 aromatic rings. The highest BCUT2D eigenvalue weighted by Gasteiger charge is 2.23. The summed E-state index contributed by atoms with van der Waals surface area (Å²) in [5, 5.41) is -0.401. The van der Waals surface area contributed by atoms with Crippen LogP contribution in [0.2, 0.25) is 0 Å². The van der Waals surface area contributed by atoms with Crippen molar-refractivity contribution >= 4 is 23.5 Å². The van der Waals surface area contributed by atoms with Gasteiger partial charge >= 0.3 is 11.9 Å². The topological polar surface area (TPSA) is 61.8 Å². The summed E-state index contributed by atoms with van der Waals surface area (Å²) in [7, 11) is 0. The fraction of sp³-hybridized carbons (Fsp3) is 0.600. The Morgan fingerprint density at radius 3 is 1.75 bits per heavy atom. The Hall–Kier alpha value is -1.23. The molecule has 0 heterocycles. The molecule has 0 spiro atoms. The summed E-state index contributed by atoms with van der Waals surface area (Å²) in [5.41, 5.74) is 0. The molecule has 0 bridgehead atoms. The number of ether oxygens (including phenoxy) is 3. The van der Waals surface area contributed by atoms with Crippen LogP contribution >= 0.6 is 11.6 Å². The van der Waals surface area contributed by atoms with E-state index in [0.29, 0.717) is 0 Å². The number of esters is 2. The Balaban J connectivity index is 4.90. The molecule has 0 atom stereocenters. The Kier molecular flexibility index (Phi) is 7.37. The van der Waals surface area contributed by atoms with Crippen molar-refractivity contribution in [2.45, 2.75) is 20.8 Å². The fourth-order valence-electron chi connectivity index (χ4n) is 0.840. The highest BCUT2D eigenvalue weighted by Crippen LogP contribution is 2.14. The predicted octanol–water partition coefficient (Wildman–Crippen LogP) is 1.60. The van der Waals surface area contributed by atoms with Crippen molar-refractivity contribution in [2.75, 3.05) is 19.8 Å². The summed E-state index contributed by atoms with van der Waals surface area (Å²) in [6.45, 7) is 5.46. The van der Waals surface area contributed by atoms with Gasteiger partial charge in [0.2, 0.25) is 5.76 Å². The maximum Gasteiger partial charge on any atom is 0.375 e. The van der Waals surface area contributed by atoms with Crippen molar-refractivity contribution in [1.29, 1.82) is 0 Å². The van der Waals surface area contributed by atoms with Gasteiger partial charge in [-0.25, -0.2) is 9.59 Å². The van der Waals surface area contributed by atoms with Gasteiger partial charge in [0.25, 0.3) is 0 Å². The van der Waals surface area contributed by atoms with Crippen LogP contribution in [0.1, 0.15) is 20.8 Å². The second kappa shape index (κ2) is 7.98. The molecule has 0 saturated carbocycles. The van der Waals surface area contributed by atoms with E-state index in [9.17, 15) is 9.59 Å². The number of hydrogen-bond donors (Lipinski definition) is 0. The van der Waals surface area contributed by atoms with E-state index >= 15 is 0 Å². The van der Waals surface area contributed by atoms with Gasteiger partial charge in [0, 0.05) is 0 Å². The molecule has 0 amide bonds. The summed E-state index contributed by atoms with van der Waals surface area (Å²) < 4.78 is 14.3. The van der Waals surface area contributed by atoms with Crippen LogP contribution in [-0.2, 0) is 23.8 Å². The van der Waals surface area contributed by atoms with Gasteiger partial charge in [0.15, 0.2) is 5.03 Å². The van der Waals surface area contributed by atoms with E-state index in [-0.39, 0.29) is 25.6 Å². The summed E-state index contributed by atoms with van der Waals surface area (Å²) in [6.07, 6.45) is 0. The van der Waals surface area contributed by atoms with Crippen LogP contribution < -0.4 is 0 Å². The highest BCUT2D eigenvalue weighted by molar-refractivity contribution is 6.42. The van der Waals surface area contributed by atoms with E-state index in [4.69, 9.17) is 21.1 Å². The molecule has 0 rings (SSSR count). The van der Waals surface area contributed by atoms with Crippen molar-refractivity contribution in [3.05, 3.63) is 10.8 Å². The van der Waals surface area contributed by atoms with Crippen LogP contribution in [0.5, 0.6) is 0 Å². The first-order valence-corrected chi connectivity index (χ1v) is 5.32. The van der Waals surface area contributed by atoms with Crippen LogP contribution in [0, 0.1) is 0 Å². The minimum atomic E-state index is -0.805. The molecule has 0 aliphatic heterocycles. The van der Waals surface area contributed by atoms with Crippen molar-refractivity contribution in [1.82, 2.24) is 0 Å². The fourth-order valence-corrected chi connectivity index (χ4v) is 1.03. The van der Waals surface area contributed by atoms with Crippen molar-refractivity contribution < 1.29 is 23.8 Å². The second-order valence-electron chi connectivity index (χ2n) is 2.52. The summed E-state index contributed by atoms with van der Waals surface area (Å²) in [5.74, 6) is -1.90. The zero-order chi connectivity index (χ0) is 12.6. The molecule has 0 unspecified atom stereocenters. The minimum absolute atomic E-state index is 0.164. The standard InChI is InChI=1S/C10H15ClO5/c1-4-14-8(10(13)16-6-3)7(11)9(12)15-5-2/h4-6H2,1-3H3/b8-7-. The van der Waals surface area contributed by atoms with Gasteiger partial charge in [-0.15, -0.1) is 0 Å². The van der Waals surface area contributed by atoms with Gasteiger partial charge in [-0.3, -0.25) is 0 Å². The minimum Gasteiger partial charge on any atom is -0.486 e. The molecule has 6 heteroatoms. The van der Waals surface area contributed by atoms with E-state index in [0.717, 1.165) is 0 Å². The van der Waals surface area contributed by atoms with Gasteiger partial charge in [-0.05, 0) is 20.8 Å². The average molecular weight is 251 g/mol. The number of hydrogen-bond acceptors (Lipinski definition) is 5. The lowest BCUT2D eigenvalue weighted by Crippen LogP contribution is -2.16. The number of carbonyl (C=O) groups is 2. The molecule has 0 aromatic carbocycles. The molecule has 16 heavy (non-hydrogen) atoms. The highest BCUT2D eigenvalue weighted by atomic mass is 35.5. The van der Waals surface area contributed by atoms with Crippen molar-refractivity contribution in [3.8, 4) is 0 Å². The lowest BCUT2D eigenvalue weighted by Gasteiger charge is -2.09. The molecule has 92 valence electrons. The first-order chi connectivity index (χ1) is 7.58. The third-order valence-corrected chi connectivity index (χ3v) is 1.73. The molecular weight excluding hydrogens is 236 g/mol. The van der Waals surface area contributed by atoms with Crippen LogP contribution in [0.25, 0.3) is 0 Å². The van der Waals surface area contributed by atoms with E-state index in [1.54, 1.807) is 20.8 Å². The largest absolute Gasteiger partial charge is 0.486 e. The third-order valence-electron chi connectivity index (χ3n) is 1.40. The first-order valence-electron chi connectivity index (χ1n) is 4.95. The molecule has 0 saturated heterocycles. The van der Waals surface area contributed by atoms with Gasteiger partial charge in [0.05, 0.1) is 19.8 Å². The van der Waals surface area contributed by atoms with E-state index in [2.05, 4.69) is 4.74 Å². The second-order valence-corrected chi connectivity index (χ2v) is 2.90. The zero-order valence-electron chi connectivity index (χ0n) is 9.54. The number of carbonyl (C=O) groups excluding carboxylic acids is 2. The maximum absolute atomic E-state index is 11.4. The predicted molar refractivity (Wildman–Crippen MR) is 57.8 cm³/mol. The molecule has 0 aromatic heterocycles. The van der Waals surface area contributed by atoms with Gasteiger partial charge < -0.3 is 14.2 Å². The molecule has 0 aliphatic rings. The Bertz CT molecular complexity index is 285. The quantitative estimate of drug-likeness (QED) is 0.407. The van der Waals surface area contributed by atoms with Crippen LogP contribution in [-0.4, -0.2) is 31.8 Å². The molecule has 0 radical (unpaired) electrons. The van der Waals surface area contributed by atoms with Crippen molar-refractivity contribution in [2.24, 2.45) is 0 Å². The lowest BCUT2D eigenvalue weighted by atomic mass is 10.4. The Morgan fingerprint density at radius 1 is 0.875 bits per heavy atom. The lowest BCUT2D eigenvalue weighted by molar-refractivity contribution is -0.144. The number of rotatable bonds is 6. The number of halogens is 1. The van der Waals surface area contributed by atoms with Gasteiger partial charge in [-0.2, -0.15) is 0 Å². The first kappa shape index (κ1) is 14.8. The third kappa shape index (κ3) is 4.53. The van der Waals surface area contributed by atoms with Gasteiger partial charge in [0.1, 0.15) is 0 Å². The maximum atomic E-state index is 11.4. The van der Waals surface area contributed by atoms with Crippen LogP contribution in [0.15, 0.2) is 10.8 Å². The van der Waals surface area contributed by atoms with E-state index < -0.39 is 17.0 Å². The smallest absolute Gasteiger partial charge is 0.375 e. The van der Waals surface area contributed by atoms with Crippen molar-refractivity contribution in [3.63, 3.8) is 0 Å². The Labute approximate surface area is 99.3 Å².